The lowest BCUT2D eigenvalue weighted by atomic mass is 9.82. The van der Waals surface area contributed by atoms with E-state index in [1.54, 1.807) is 0 Å². The molecule has 1 heterocycles. The predicted octanol–water partition coefficient (Wildman–Crippen LogP) is 3.16. The molecule has 2 fully saturated rings. The van der Waals surface area contributed by atoms with Gasteiger partial charge < -0.3 is 5.11 Å². The van der Waals surface area contributed by atoms with Crippen LogP contribution in [-0.2, 0) is 4.79 Å². The van der Waals surface area contributed by atoms with Crippen LogP contribution in [0, 0.1) is 17.3 Å². The van der Waals surface area contributed by atoms with Crippen molar-refractivity contribution < 1.29 is 9.90 Å². The topological polar surface area (TPSA) is 61.7 Å². The Kier molecular flexibility index (Phi) is 4.27. The van der Waals surface area contributed by atoms with Crippen LogP contribution in [0.25, 0.3) is 0 Å². The number of rotatable bonds is 0. The van der Waals surface area contributed by atoms with Crippen molar-refractivity contribution in [2.75, 3.05) is 0 Å². The average Bonchev–Trinajstić information content (AvgIpc) is 2.94. The van der Waals surface area contributed by atoms with Gasteiger partial charge in [-0.2, -0.15) is 5.10 Å². The van der Waals surface area contributed by atoms with Gasteiger partial charge in [-0.25, -0.2) is 0 Å². The number of allylic oxidation sites excluding steroid dienone is 2. The van der Waals surface area contributed by atoms with Crippen LogP contribution in [-0.4, -0.2) is 17.8 Å². The van der Waals surface area contributed by atoms with Crippen LogP contribution >= 0.6 is 0 Å². The first-order valence-electron chi connectivity index (χ1n) is 7.19. The highest BCUT2D eigenvalue weighted by Gasteiger charge is 2.62. The lowest BCUT2D eigenvalue weighted by molar-refractivity contribution is -0.122. The molecule has 1 spiro atoms. The van der Waals surface area contributed by atoms with Gasteiger partial charge in [0.25, 0.3) is 6.47 Å². The van der Waals surface area contributed by atoms with Crippen molar-refractivity contribution in [1.29, 1.82) is 0 Å². The second-order valence-electron chi connectivity index (χ2n) is 6.03. The lowest BCUT2D eigenvalue weighted by Gasteiger charge is -2.23. The van der Waals surface area contributed by atoms with Gasteiger partial charge in [0.2, 0.25) is 0 Å². The largest absolute Gasteiger partial charge is 0.483 e. The average molecular weight is 264 g/mol. The predicted molar refractivity (Wildman–Crippen MR) is 75.8 cm³/mol. The maximum Gasteiger partial charge on any atom is 0.290 e. The van der Waals surface area contributed by atoms with E-state index in [2.05, 4.69) is 30.6 Å². The molecule has 0 radical (unpaired) electrons. The Morgan fingerprint density at radius 3 is 2.63 bits per heavy atom. The second-order valence-corrected chi connectivity index (χ2v) is 6.03. The van der Waals surface area contributed by atoms with Crippen LogP contribution in [0.2, 0.25) is 0 Å². The van der Waals surface area contributed by atoms with Crippen molar-refractivity contribution >= 4 is 12.7 Å². The molecule has 0 aromatic heterocycles. The van der Waals surface area contributed by atoms with Crippen LogP contribution < -0.4 is 5.43 Å². The Balaban J connectivity index is 0.000000408. The Labute approximate surface area is 115 Å². The molecule has 2 N–H and O–H groups in total. The molecule has 2 atom stereocenters. The summed E-state index contributed by atoms with van der Waals surface area (Å²) in [5, 5.41) is 11.3. The summed E-state index contributed by atoms with van der Waals surface area (Å²) in [7, 11) is 0. The minimum atomic E-state index is -0.250. The van der Waals surface area contributed by atoms with Gasteiger partial charge in [-0.05, 0) is 44.4 Å². The van der Waals surface area contributed by atoms with Crippen molar-refractivity contribution in [3.63, 3.8) is 0 Å². The fourth-order valence-corrected chi connectivity index (χ4v) is 3.90. The minimum absolute atomic E-state index is 0.250. The van der Waals surface area contributed by atoms with Gasteiger partial charge in [0.15, 0.2) is 0 Å². The van der Waals surface area contributed by atoms with E-state index in [-0.39, 0.29) is 6.47 Å². The molecule has 0 amide bonds. The Hall–Kier alpha value is -1.32. The summed E-state index contributed by atoms with van der Waals surface area (Å²) in [6.45, 7) is 4.15. The Morgan fingerprint density at radius 1 is 1.37 bits per heavy atom. The number of carbonyl (C=O) groups is 1. The van der Waals surface area contributed by atoms with Gasteiger partial charge in [0.1, 0.15) is 0 Å². The van der Waals surface area contributed by atoms with E-state index >= 15 is 0 Å². The molecule has 0 aromatic rings. The first-order valence-corrected chi connectivity index (χ1v) is 7.19. The SMILES string of the molecule is C/C1=C(/C)N/N=C/C2C(C1)C21CCCCC1.O=CO. The summed E-state index contributed by atoms with van der Waals surface area (Å²) in [6.07, 6.45) is 10.7. The number of hydrogen-bond donors (Lipinski definition) is 2. The molecule has 0 saturated heterocycles. The van der Waals surface area contributed by atoms with Crippen molar-refractivity contribution in [3.8, 4) is 0 Å². The molecule has 3 rings (SSSR count). The highest BCUT2D eigenvalue weighted by molar-refractivity contribution is 5.68. The number of hydrogen-bond acceptors (Lipinski definition) is 3. The van der Waals surface area contributed by atoms with E-state index in [1.165, 1.54) is 49.8 Å². The molecular weight excluding hydrogens is 240 g/mol. The van der Waals surface area contributed by atoms with Gasteiger partial charge in [0.05, 0.1) is 0 Å². The molecule has 0 aromatic carbocycles. The normalized spacial score (nSPS) is 36.7. The number of fused-ring (bicyclic) bond motifs is 3. The van der Waals surface area contributed by atoms with Crippen molar-refractivity contribution in [3.05, 3.63) is 11.3 Å². The highest BCUT2D eigenvalue weighted by atomic mass is 16.3. The smallest absolute Gasteiger partial charge is 0.290 e. The highest BCUT2D eigenvalue weighted by Crippen LogP contribution is 2.67. The monoisotopic (exact) mass is 264 g/mol. The first kappa shape index (κ1) is 14.1. The zero-order chi connectivity index (χ0) is 13.9. The van der Waals surface area contributed by atoms with Crippen molar-refractivity contribution in [2.24, 2.45) is 22.4 Å². The maximum atomic E-state index is 8.36. The van der Waals surface area contributed by atoms with Crippen LogP contribution in [0.1, 0.15) is 52.4 Å². The number of hydrazone groups is 1. The molecule has 19 heavy (non-hydrogen) atoms. The molecule has 4 heteroatoms. The van der Waals surface area contributed by atoms with E-state index in [1.807, 2.05) is 0 Å². The van der Waals surface area contributed by atoms with E-state index < -0.39 is 0 Å². The van der Waals surface area contributed by atoms with Gasteiger partial charge in [-0.15, -0.1) is 0 Å². The Bertz CT molecular complexity index is 395. The maximum absolute atomic E-state index is 8.36. The minimum Gasteiger partial charge on any atom is -0.483 e. The third-order valence-corrected chi connectivity index (χ3v) is 5.14. The van der Waals surface area contributed by atoms with Gasteiger partial charge in [-0.3, -0.25) is 10.2 Å². The Morgan fingerprint density at radius 2 is 2.00 bits per heavy atom. The van der Waals surface area contributed by atoms with E-state index in [4.69, 9.17) is 9.90 Å². The third-order valence-electron chi connectivity index (χ3n) is 5.14. The number of nitrogens with zero attached hydrogens (tertiary/aromatic N) is 1. The summed E-state index contributed by atoms with van der Waals surface area (Å²) in [5.74, 6) is 1.66. The second kappa shape index (κ2) is 5.76. The lowest BCUT2D eigenvalue weighted by Crippen LogP contribution is -2.11. The summed E-state index contributed by atoms with van der Waals surface area (Å²) < 4.78 is 0. The first-order chi connectivity index (χ1) is 9.15. The molecule has 2 saturated carbocycles. The molecule has 2 aliphatic carbocycles. The van der Waals surface area contributed by atoms with Gasteiger partial charge in [-0.1, -0.05) is 24.8 Å². The summed E-state index contributed by atoms with van der Waals surface area (Å²) in [6, 6.07) is 0. The zero-order valence-corrected chi connectivity index (χ0v) is 11.9. The molecule has 1 aliphatic heterocycles. The molecule has 3 aliphatic rings. The standard InChI is InChI=1S/C14H22N2.CH2O2/c1-10-8-12-13(9-15-16-11(10)2)14(12)6-4-3-5-7-14;2-1-3/h9,12-13,16H,3-8H2,1-2H3;1H,(H,2,3)/b11-10+,15-9+;. The summed E-state index contributed by atoms with van der Waals surface area (Å²) >= 11 is 0. The molecule has 0 bridgehead atoms. The quantitative estimate of drug-likeness (QED) is 0.661. The number of nitrogens with one attached hydrogen (secondary N) is 1. The zero-order valence-electron chi connectivity index (χ0n) is 11.9. The number of carboxylic acid groups (broad SMARTS) is 1. The van der Waals surface area contributed by atoms with E-state index in [0.29, 0.717) is 5.41 Å². The van der Waals surface area contributed by atoms with Crippen LogP contribution in [0.5, 0.6) is 0 Å². The van der Waals surface area contributed by atoms with E-state index in [0.717, 1.165) is 11.8 Å². The third kappa shape index (κ3) is 2.67. The van der Waals surface area contributed by atoms with Crippen LogP contribution in [0.15, 0.2) is 16.4 Å². The van der Waals surface area contributed by atoms with Crippen molar-refractivity contribution in [1.82, 2.24) is 5.43 Å². The molecular formula is C15H24N2O2. The van der Waals surface area contributed by atoms with Crippen LogP contribution in [0.4, 0.5) is 0 Å². The van der Waals surface area contributed by atoms with Crippen molar-refractivity contribution in [2.45, 2.75) is 52.4 Å². The van der Waals surface area contributed by atoms with Crippen LogP contribution in [0.3, 0.4) is 0 Å². The molecule has 4 nitrogen and oxygen atoms in total. The fraction of sp³-hybridized carbons (Fsp3) is 0.733. The summed E-state index contributed by atoms with van der Waals surface area (Å²) in [5.41, 5.74) is 6.58. The van der Waals surface area contributed by atoms with Gasteiger partial charge in [0, 0.05) is 17.8 Å². The fourth-order valence-electron chi connectivity index (χ4n) is 3.90. The molecule has 106 valence electrons. The van der Waals surface area contributed by atoms with Gasteiger partial charge >= 0.3 is 0 Å². The summed E-state index contributed by atoms with van der Waals surface area (Å²) in [4.78, 5) is 8.36. The van der Waals surface area contributed by atoms with E-state index in [9.17, 15) is 0 Å². The molecule has 2 unspecified atom stereocenters.